The van der Waals surface area contributed by atoms with Crippen LogP contribution in [0.2, 0.25) is 5.02 Å². The van der Waals surface area contributed by atoms with Gasteiger partial charge in [0.25, 0.3) is 0 Å². The van der Waals surface area contributed by atoms with Crippen LogP contribution < -0.4 is 10.2 Å². The van der Waals surface area contributed by atoms with Crippen molar-refractivity contribution >= 4 is 17.3 Å². The highest BCUT2D eigenvalue weighted by Gasteiger charge is 2.30. The molecule has 1 rings (SSSR count). The maximum Gasteiger partial charge on any atom is 0.0426 e. The first-order valence-corrected chi connectivity index (χ1v) is 9.83. The van der Waals surface area contributed by atoms with Gasteiger partial charge in [-0.1, -0.05) is 57.9 Å². The summed E-state index contributed by atoms with van der Waals surface area (Å²) in [5.41, 5.74) is 1.59. The molecule has 0 spiro atoms. The van der Waals surface area contributed by atoms with E-state index in [0.717, 1.165) is 31.1 Å². The first-order valence-electron chi connectivity index (χ1n) is 9.45. The molecule has 0 aromatic heterocycles. The number of hydrogen-bond acceptors (Lipinski definition) is 2. The predicted octanol–water partition coefficient (Wildman–Crippen LogP) is 6.27. The second kappa shape index (κ2) is 11.4. The van der Waals surface area contributed by atoms with Crippen molar-refractivity contribution in [1.82, 2.24) is 5.32 Å². The molecule has 136 valence electrons. The highest BCUT2D eigenvalue weighted by Crippen LogP contribution is 2.36. The minimum Gasteiger partial charge on any atom is -0.391 e. The third kappa shape index (κ3) is 6.76. The van der Waals surface area contributed by atoms with E-state index in [1.807, 2.05) is 12.3 Å². The van der Waals surface area contributed by atoms with Gasteiger partial charge >= 0.3 is 0 Å². The van der Waals surface area contributed by atoms with Crippen molar-refractivity contribution in [3.8, 4) is 0 Å². The Bertz CT molecular complexity index is 467. The van der Waals surface area contributed by atoms with Crippen molar-refractivity contribution in [3.05, 3.63) is 42.1 Å². The van der Waals surface area contributed by atoms with E-state index in [-0.39, 0.29) is 0 Å². The molecule has 0 aliphatic heterocycles. The minimum atomic E-state index is 0.344. The zero-order valence-corrected chi connectivity index (χ0v) is 16.5. The Hall–Kier alpha value is -1.15. The van der Waals surface area contributed by atoms with Gasteiger partial charge in [0.1, 0.15) is 0 Å². The molecule has 0 amide bonds. The molecule has 1 N–H and O–H groups in total. The van der Waals surface area contributed by atoms with E-state index >= 15 is 0 Å². The van der Waals surface area contributed by atoms with Crippen LogP contribution in [0.25, 0.3) is 0 Å². The quantitative estimate of drug-likeness (QED) is 0.422. The van der Waals surface area contributed by atoms with Crippen molar-refractivity contribution in [3.63, 3.8) is 0 Å². The average Bonchev–Trinajstić information content (AvgIpc) is 2.55. The van der Waals surface area contributed by atoms with Crippen molar-refractivity contribution in [2.75, 3.05) is 24.5 Å². The molecule has 1 aromatic rings. The summed E-state index contributed by atoms with van der Waals surface area (Å²) in [5, 5.41) is 4.12. The molecule has 0 atom stereocenters. The van der Waals surface area contributed by atoms with Crippen LogP contribution in [-0.4, -0.2) is 19.6 Å². The Balaban J connectivity index is 3.01. The maximum atomic E-state index is 6.24. The second-order valence-electron chi connectivity index (χ2n) is 6.81. The van der Waals surface area contributed by atoms with Gasteiger partial charge in [-0.05, 0) is 55.5 Å². The van der Waals surface area contributed by atoms with Crippen LogP contribution in [0.4, 0.5) is 5.69 Å². The monoisotopic (exact) mass is 350 g/mol. The smallest absolute Gasteiger partial charge is 0.0426 e. The lowest BCUT2D eigenvalue weighted by atomic mass is 9.75. The fourth-order valence-electron chi connectivity index (χ4n) is 3.76. The highest BCUT2D eigenvalue weighted by molar-refractivity contribution is 6.30. The van der Waals surface area contributed by atoms with Crippen LogP contribution in [0, 0.1) is 5.41 Å². The van der Waals surface area contributed by atoms with Crippen LogP contribution in [0.3, 0.4) is 0 Å². The van der Waals surface area contributed by atoms with Crippen LogP contribution >= 0.6 is 11.6 Å². The molecule has 1 aromatic carbocycles. The zero-order chi connectivity index (χ0) is 17.8. The number of hydrogen-bond donors (Lipinski definition) is 1. The van der Waals surface area contributed by atoms with Gasteiger partial charge in [-0.15, -0.1) is 0 Å². The summed E-state index contributed by atoms with van der Waals surface area (Å²) in [5.74, 6) is 0. The molecule has 0 bridgehead atoms. The molecule has 0 radical (unpaired) electrons. The van der Waals surface area contributed by atoms with Crippen LogP contribution in [0.5, 0.6) is 0 Å². The number of nitrogens with zero attached hydrogens (tertiary/aromatic N) is 1. The van der Waals surface area contributed by atoms with Gasteiger partial charge in [0.05, 0.1) is 0 Å². The number of rotatable bonds is 13. The van der Waals surface area contributed by atoms with E-state index in [1.165, 1.54) is 37.8 Å². The minimum absolute atomic E-state index is 0.344. The first-order chi connectivity index (χ1) is 11.6. The number of nitrogens with one attached hydrogen (secondary N) is 1. The molecule has 0 saturated carbocycles. The largest absolute Gasteiger partial charge is 0.391 e. The third-order valence-electron chi connectivity index (χ3n) is 4.70. The van der Waals surface area contributed by atoms with Gasteiger partial charge in [-0.2, -0.15) is 0 Å². The number of benzene rings is 1. The molecular weight excluding hydrogens is 316 g/mol. The fraction of sp³-hybridized carbons (Fsp3) is 0.619. The summed E-state index contributed by atoms with van der Waals surface area (Å²) < 4.78 is 0. The Labute approximate surface area is 154 Å². The standard InChI is InChI=1S/C21H35ClN2/c1-5-12-21(13-6-2,14-15-23-8-4)18-24(16-7-3)20-11-9-10-19(22)17-20/h8-11,17,23H,4-7,12-16,18H2,1-3H3. The lowest BCUT2D eigenvalue weighted by Crippen LogP contribution is -2.40. The maximum absolute atomic E-state index is 6.24. The molecule has 2 nitrogen and oxygen atoms in total. The summed E-state index contributed by atoms with van der Waals surface area (Å²) >= 11 is 6.24. The molecule has 0 aliphatic rings. The van der Waals surface area contributed by atoms with E-state index in [9.17, 15) is 0 Å². The van der Waals surface area contributed by atoms with Gasteiger partial charge in [0.15, 0.2) is 0 Å². The summed E-state index contributed by atoms with van der Waals surface area (Å²) in [7, 11) is 0. The highest BCUT2D eigenvalue weighted by atomic mass is 35.5. The van der Waals surface area contributed by atoms with E-state index in [1.54, 1.807) is 0 Å². The average molecular weight is 351 g/mol. The van der Waals surface area contributed by atoms with E-state index in [4.69, 9.17) is 11.6 Å². The number of anilines is 1. The summed E-state index contributed by atoms with van der Waals surface area (Å²) in [4.78, 5) is 2.53. The lowest BCUT2D eigenvalue weighted by molar-refractivity contribution is 0.218. The van der Waals surface area contributed by atoms with Crippen molar-refractivity contribution in [2.24, 2.45) is 5.41 Å². The van der Waals surface area contributed by atoms with E-state index in [0.29, 0.717) is 5.41 Å². The van der Waals surface area contributed by atoms with Crippen molar-refractivity contribution in [1.29, 1.82) is 0 Å². The molecule has 24 heavy (non-hydrogen) atoms. The SMILES string of the molecule is C=CNCCC(CCC)(CCC)CN(CCC)c1cccc(Cl)c1. The van der Waals surface area contributed by atoms with Crippen molar-refractivity contribution in [2.45, 2.75) is 59.3 Å². The molecule has 0 aliphatic carbocycles. The fourth-order valence-corrected chi connectivity index (χ4v) is 3.94. The lowest BCUT2D eigenvalue weighted by Gasteiger charge is -2.40. The van der Waals surface area contributed by atoms with Gasteiger partial charge in [-0.3, -0.25) is 0 Å². The molecule has 0 fully saturated rings. The van der Waals surface area contributed by atoms with Gasteiger partial charge < -0.3 is 10.2 Å². The van der Waals surface area contributed by atoms with Crippen molar-refractivity contribution < 1.29 is 0 Å². The van der Waals surface area contributed by atoms with Gasteiger partial charge in [0.2, 0.25) is 0 Å². The molecule has 3 heteroatoms. The van der Waals surface area contributed by atoms with Gasteiger partial charge in [0, 0.05) is 30.3 Å². The first kappa shape index (κ1) is 20.9. The Morgan fingerprint density at radius 2 is 1.83 bits per heavy atom. The van der Waals surface area contributed by atoms with Gasteiger partial charge in [-0.25, -0.2) is 0 Å². The third-order valence-corrected chi connectivity index (χ3v) is 4.93. The molecular formula is C21H35ClN2. The Morgan fingerprint density at radius 3 is 2.38 bits per heavy atom. The topological polar surface area (TPSA) is 15.3 Å². The Kier molecular flexibility index (Phi) is 9.94. The zero-order valence-electron chi connectivity index (χ0n) is 15.8. The molecule has 0 heterocycles. The predicted molar refractivity (Wildman–Crippen MR) is 109 cm³/mol. The van der Waals surface area contributed by atoms with Crippen LogP contribution in [0.15, 0.2) is 37.0 Å². The number of halogens is 1. The normalized spacial score (nSPS) is 11.3. The van der Waals surface area contributed by atoms with Crippen LogP contribution in [0.1, 0.15) is 59.3 Å². The summed E-state index contributed by atoms with van der Waals surface area (Å²) in [6.45, 7) is 13.8. The van der Waals surface area contributed by atoms with Crippen LogP contribution in [-0.2, 0) is 0 Å². The summed E-state index contributed by atoms with van der Waals surface area (Å²) in [6.07, 6.45) is 9.12. The van der Waals surface area contributed by atoms with E-state index < -0.39 is 0 Å². The molecule has 0 unspecified atom stereocenters. The summed E-state index contributed by atoms with van der Waals surface area (Å²) in [6, 6.07) is 8.30. The molecule has 0 saturated heterocycles. The second-order valence-corrected chi connectivity index (χ2v) is 7.25. The van der Waals surface area contributed by atoms with E-state index in [2.05, 4.69) is 55.8 Å². The Morgan fingerprint density at radius 1 is 1.12 bits per heavy atom.